The van der Waals surface area contributed by atoms with Crippen LogP contribution in [0.1, 0.15) is 38.2 Å². The number of rotatable bonds is 4. The fourth-order valence-electron chi connectivity index (χ4n) is 4.34. The first-order valence-electron chi connectivity index (χ1n) is 10.8. The standard InChI is InChI=1S/C25H28N2O3S/c1-16-7-4-5-10-20(16)26-24(28)18-11-12-22-21(15-18)27(2)25(29)23(31-22)14-17-8-6-9-19(13-17)30-3/h6,8-9,11-16,20,22H,4-5,7,10H2,1-3H3/p+1/b23-14-. The zero-order valence-corrected chi connectivity index (χ0v) is 19.1. The number of amides is 2. The Hall–Kier alpha value is -2.60. The molecule has 0 bridgehead atoms. The van der Waals surface area contributed by atoms with Gasteiger partial charge in [0.2, 0.25) is 5.71 Å². The smallest absolute Gasteiger partial charge is 0.425 e. The fraction of sp³-hybridized carbons (Fsp3) is 0.400. The SMILES string of the molecule is COc1cccc(/C=C2\SC3C=CC(C(=O)NC4CCCCC4C)=CC3=[N+](C)C2=O)c1. The van der Waals surface area contributed by atoms with Crippen molar-refractivity contribution in [1.82, 2.24) is 5.32 Å². The summed E-state index contributed by atoms with van der Waals surface area (Å²) in [5, 5.41) is 3.21. The lowest BCUT2D eigenvalue weighted by Gasteiger charge is -2.30. The van der Waals surface area contributed by atoms with Crippen molar-refractivity contribution >= 4 is 35.4 Å². The minimum atomic E-state index is -0.0636. The second-order valence-corrected chi connectivity index (χ2v) is 9.60. The van der Waals surface area contributed by atoms with E-state index >= 15 is 0 Å². The van der Waals surface area contributed by atoms with E-state index in [1.807, 2.05) is 48.6 Å². The summed E-state index contributed by atoms with van der Waals surface area (Å²) in [6.07, 6.45) is 12.3. The predicted octanol–water partition coefficient (Wildman–Crippen LogP) is 3.95. The number of methoxy groups -OCH3 is 1. The average molecular weight is 438 g/mol. The lowest BCUT2D eigenvalue weighted by molar-refractivity contribution is -0.413. The number of fused-ring (bicyclic) bond motifs is 1. The molecule has 1 saturated carbocycles. The number of hydrogen-bond donors (Lipinski definition) is 1. The maximum absolute atomic E-state index is 13.0. The third-order valence-electron chi connectivity index (χ3n) is 6.28. The number of hydrogen-bond acceptors (Lipinski definition) is 4. The van der Waals surface area contributed by atoms with E-state index < -0.39 is 0 Å². The zero-order chi connectivity index (χ0) is 22.0. The van der Waals surface area contributed by atoms with Gasteiger partial charge in [0, 0.05) is 17.7 Å². The number of thioether (sulfide) groups is 1. The first-order valence-corrected chi connectivity index (χ1v) is 11.7. The van der Waals surface area contributed by atoms with E-state index in [1.165, 1.54) is 24.6 Å². The summed E-state index contributed by atoms with van der Waals surface area (Å²) in [7, 11) is 3.40. The molecule has 5 nitrogen and oxygen atoms in total. The van der Waals surface area contributed by atoms with Crippen molar-refractivity contribution in [2.24, 2.45) is 5.92 Å². The molecule has 3 atom stereocenters. The van der Waals surface area contributed by atoms with E-state index in [-0.39, 0.29) is 23.1 Å². The number of allylic oxidation sites excluding steroid dienone is 1. The molecule has 3 aliphatic rings. The van der Waals surface area contributed by atoms with Crippen LogP contribution in [0.5, 0.6) is 5.75 Å². The number of ether oxygens (including phenoxy) is 1. The molecule has 162 valence electrons. The van der Waals surface area contributed by atoms with Crippen LogP contribution in [0, 0.1) is 5.92 Å². The van der Waals surface area contributed by atoms with Gasteiger partial charge < -0.3 is 10.1 Å². The van der Waals surface area contributed by atoms with Crippen LogP contribution in [-0.4, -0.2) is 47.6 Å². The molecule has 0 aromatic heterocycles. The Balaban J connectivity index is 1.55. The molecule has 1 N–H and O–H groups in total. The molecule has 1 heterocycles. The average Bonchev–Trinajstić information content (AvgIpc) is 2.78. The minimum Gasteiger partial charge on any atom is -0.497 e. The maximum atomic E-state index is 13.0. The lowest BCUT2D eigenvalue weighted by atomic mass is 9.85. The van der Waals surface area contributed by atoms with Gasteiger partial charge in [-0.3, -0.25) is 4.79 Å². The van der Waals surface area contributed by atoms with Crippen LogP contribution in [0.25, 0.3) is 6.08 Å². The van der Waals surface area contributed by atoms with Crippen LogP contribution in [-0.2, 0) is 9.59 Å². The Morgan fingerprint density at radius 2 is 2.10 bits per heavy atom. The fourth-order valence-corrected chi connectivity index (χ4v) is 5.56. The van der Waals surface area contributed by atoms with E-state index in [4.69, 9.17) is 4.74 Å². The van der Waals surface area contributed by atoms with Crippen LogP contribution in [0.2, 0.25) is 0 Å². The highest BCUT2D eigenvalue weighted by atomic mass is 32.2. The summed E-state index contributed by atoms with van der Waals surface area (Å²) in [5.41, 5.74) is 2.38. The van der Waals surface area contributed by atoms with Crippen molar-refractivity contribution < 1.29 is 18.9 Å². The Morgan fingerprint density at radius 1 is 1.29 bits per heavy atom. The van der Waals surface area contributed by atoms with Crippen LogP contribution in [0.3, 0.4) is 0 Å². The molecule has 1 aromatic rings. The lowest BCUT2D eigenvalue weighted by Crippen LogP contribution is -2.42. The van der Waals surface area contributed by atoms with E-state index in [0.29, 0.717) is 16.4 Å². The molecule has 2 amide bonds. The van der Waals surface area contributed by atoms with Crippen molar-refractivity contribution in [3.63, 3.8) is 0 Å². The molecule has 31 heavy (non-hydrogen) atoms. The van der Waals surface area contributed by atoms with E-state index in [9.17, 15) is 9.59 Å². The van der Waals surface area contributed by atoms with E-state index in [2.05, 4.69) is 12.2 Å². The summed E-state index contributed by atoms with van der Waals surface area (Å²) in [4.78, 5) is 26.5. The quantitative estimate of drug-likeness (QED) is 0.572. The third kappa shape index (κ3) is 4.69. The molecule has 0 saturated heterocycles. The molecule has 2 aliphatic carbocycles. The Kier molecular flexibility index (Phi) is 6.46. The Morgan fingerprint density at radius 3 is 2.87 bits per heavy atom. The van der Waals surface area contributed by atoms with Crippen LogP contribution < -0.4 is 10.1 Å². The second kappa shape index (κ2) is 9.27. The largest absolute Gasteiger partial charge is 0.497 e. The van der Waals surface area contributed by atoms with Crippen molar-refractivity contribution in [3.8, 4) is 5.75 Å². The highest BCUT2D eigenvalue weighted by Crippen LogP contribution is 2.34. The molecule has 6 heteroatoms. The van der Waals surface area contributed by atoms with Crippen LogP contribution in [0.15, 0.2) is 53.0 Å². The van der Waals surface area contributed by atoms with Crippen molar-refractivity contribution in [2.75, 3.05) is 14.2 Å². The van der Waals surface area contributed by atoms with Gasteiger partial charge in [0.05, 0.1) is 7.11 Å². The summed E-state index contributed by atoms with van der Waals surface area (Å²) >= 11 is 1.51. The Labute approximate surface area is 187 Å². The van der Waals surface area contributed by atoms with Gasteiger partial charge in [-0.15, -0.1) is 0 Å². The van der Waals surface area contributed by atoms with Gasteiger partial charge >= 0.3 is 5.91 Å². The normalized spacial score (nSPS) is 27.1. The monoisotopic (exact) mass is 437 g/mol. The summed E-state index contributed by atoms with van der Waals surface area (Å²) in [6, 6.07) is 7.88. The molecule has 4 rings (SSSR count). The minimum absolute atomic E-state index is 0.00436. The third-order valence-corrected chi connectivity index (χ3v) is 7.48. The number of likely N-dealkylation sites (N-methyl/N-ethyl adjacent to an activating group) is 1. The molecule has 0 spiro atoms. The number of carbonyl (C=O) groups is 2. The van der Waals surface area contributed by atoms with Gasteiger partial charge in [0.1, 0.15) is 23.0 Å². The molecular weight excluding hydrogens is 408 g/mol. The highest BCUT2D eigenvalue weighted by Gasteiger charge is 2.38. The maximum Gasteiger partial charge on any atom is 0.425 e. The van der Waals surface area contributed by atoms with E-state index in [1.54, 1.807) is 18.7 Å². The van der Waals surface area contributed by atoms with Gasteiger partial charge in [0.25, 0.3) is 5.91 Å². The van der Waals surface area contributed by atoms with Crippen molar-refractivity contribution in [1.29, 1.82) is 0 Å². The zero-order valence-electron chi connectivity index (χ0n) is 18.3. The molecule has 1 aliphatic heterocycles. The van der Waals surface area contributed by atoms with Crippen molar-refractivity contribution in [3.05, 3.63) is 58.5 Å². The molecule has 1 aromatic carbocycles. The van der Waals surface area contributed by atoms with E-state index in [0.717, 1.165) is 29.9 Å². The van der Waals surface area contributed by atoms with Gasteiger partial charge in [-0.1, -0.05) is 55.8 Å². The Bertz CT molecular complexity index is 1020. The number of nitrogens with one attached hydrogen (secondary N) is 1. The van der Waals surface area contributed by atoms with Crippen LogP contribution >= 0.6 is 11.8 Å². The van der Waals surface area contributed by atoms with Gasteiger partial charge in [-0.05, 0) is 42.5 Å². The second-order valence-electron chi connectivity index (χ2n) is 8.41. The molecule has 1 fully saturated rings. The molecule has 3 unspecified atom stereocenters. The summed E-state index contributed by atoms with van der Waals surface area (Å²) < 4.78 is 6.94. The van der Waals surface area contributed by atoms with Gasteiger partial charge in [-0.2, -0.15) is 4.58 Å². The first-order chi connectivity index (χ1) is 15.0. The van der Waals surface area contributed by atoms with Crippen LogP contribution in [0.4, 0.5) is 0 Å². The van der Waals surface area contributed by atoms with Gasteiger partial charge in [-0.25, -0.2) is 4.79 Å². The highest BCUT2D eigenvalue weighted by molar-refractivity contribution is 8.05. The van der Waals surface area contributed by atoms with Crippen molar-refractivity contribution in [2.45, 2.75) is 43.9 Å². The predicted molar refractivity (Wildman–Crippen MR) is 125 cm³/mol. The number of nitrogens with zero attached hydrogens (tertiary/aromatic N) is 1. The topological polar surface area (TPSA) is 58.4 Å². The van der Waals surface area contributed by atoms with Gasteiger partial charge in [0.15, 0.2) is 0 Å². The molecule has 0 radical (unpaired) electrons. The molecular formula is C25H29N2O3S+. The summed E-state index contributed by atoms with van der Waals surface area (Å²) in [5.74, 6) is 1.15. The summed E-state index contributed by atoms with van der Waals surface area (Å²) in [6.45, 7) is 2.21. The first kappa shape index (κ1) is 21.6. The number of benzene rings is 1. The number of carbonyl (C=O) groups excluding carboxylic acids is 2.